The predicted octanol–water partition coefficient (Wildman–Crippen LogP) is 3.40. The molecule has 0 aliphatic heterocycles. The van der Waals surface area contributed by atoms with Crippen molar-refractivity contribution >= 4 is 21.4 Å². The van der Waals surface area contributed by atoms with Gasteiger partial charge in [0.25, 0.3) is 5.56 Å². The lowest BCUT2D eigenvalue weighted by Gasteiger charge is -2.01. The van der Waals surface area contributed by atoms with Gasteiger partial charge in [0, 0.05) is 11.1 Å². The smallest absolute Gasteiger partial charge is 0.266 e. The summed E-state index contributed by atoms with van der Waals surface area (Å²) in [4.78, 5) is 14.6. The van der Waals surface area contributed by atoms with Gasteiger partial charge in [0.1, 0.15) is 5.82 Å². The van der Waals surface area contributed by atoms with E-state index in [4.69, 9.17) is 0 Å². The number of benzene rings is 1. The van der Waals surface area contributed by atoms with Crippen molar-refractivity contribution in [2.45, 2.75) is 0 Å². The normalized spacial score (nSPS) is 10.9. The molecule has 0 aliphatic carbocycles. The van der Waals surface area contributed by atoms with E-state index >= 15 is 0 Å². The van der Waals surface area contributed by atoms with Gasteiger partial charge < -0.3 is 4.98 Å². The van der Waals surface area contributed by atoms with E-state index in [1.54, 1.807) is 12.1 Å². The van der Waals surface area contributed by atoms with Gasteiger partial charge in [0.15, 0.2) is 0 Å². The van der Waals surface area contributed by atoms with E-state index in [1.807, 2.05) is 17.5 Å². The van der Waals surface area contributed by atoms with Gasteiger partial charge in [-0.25, -0.2) is 4.39 Å². The molecule has 2 heterocycles. The van der Waals surface area contributed by atoms with Crippen LogP contribution in [0.3, 0.4) is 0 Å². The molecule has 3 rings (SSSR count). The lowest BCUT2D eigenvalue weighted by molar-refractivity contribution is 0.628. The van der Waals surface area contributed by atoms with Crippen LogP contribution in [0, 0.1) is 5.82 Å². The van der Waals surface area contributed by atoms with Crippen molar-refractivity contribution in [3.05, 3.63) is 57.9 Å². The van der Waals surface area contributed by atoms with Crippen molar-refractivity contribution in [1.82, 2.24) is 4.98 Å². The fourth-order valence-electron chi connectivity index (χ4n) is 1.77. The van der Waals surface area contributed by atoms with E-state index in [2.05, 4.69) is 4.98 Å². The molecular formula is C13H8FNOS. The second-order valence-corrected chi connectivity index (χ2v) is 4.64. The van der Waals surface area contributed by atoms with E-state index < -0.39 is 0 Å². The quantitative estimate of drug-likeness (QED) is 0.700. The number of nitrogens with one attached hydrogen (secondary N) is 1. The monoisotopic (exact) mass is 245 g/mol. The maximum Gasteiger partial charge on any atom is 0.266 e. The van der Waals surface area contributed by atoms with Crippen molar-refractivity contribution < 1.29 is 4.39 Å². The van der Waals surface area contributed by atoms with Crippen LogP contribution in [-0.2, 0) is 0 Å². The summed E-state index contributed by atoms with van der Waals surface area (Å²) in [6.07, 6.45) is 0. The third-order valence-corrected chi connectivity index (χ3v) is 3.53. The van der Waals surface area contributed by atoms with Gasteiger partial charge in [-0.2, -0.15) is 0 Å². The second-order valence-electron chi connectivity index (χ2n) is 3.72. The van der Waals surface area contributed by atoms with Gasteiger partial charge in [-0.15, -0.1) is 11.3 Å². The molecule has 3 aromatic rings. The fraction of sp³-hybridized carbons (Fsp3) is 0. The Labute approximate surface area is 100 Å². The van der Waals surface area contributed by atoms with Crippen LogP contribution in [0.1, 0.15) is 0 Å². The average molecular weight is 245 g/mol. The van der Waals surface area contributed by atoms with Crippen LogP contribution in [0.5, 0.6) is 0 Å². The Morgan fingerprint density at radius 3 is 2.65 bits per heavy atom. The van der Waals surface area contributed by atoms with Crippen LogP contribution in [0.2, 0.25) is 0 Å². The number of thiophene rings is 1. The standard InChI is InChI=1S/C13H8FNOS/c14-10-3-1-8(2-4-10)11-7-9-5-6-17-12(9)13(16)15-11/h1-7H,(H,15,16). The van der Waals surface area contributed by atoms with E-state index in [1.165, 1.54) is 23.5 Å². The highest BCUT2D eigenvalue weighted by atomic mass is 32.1. The predicted molar refractivity (Wildman–Crippen MR) is 67.8 cm³/mol. The Hall–Kier alpha value is -1.94. The molecule has 0 unspecified atom stereocenters. The molecule has 0 aliphatic rings. The third-order valence-electron chi connectivity index (χ3n) is 2.61. The molecule has 1 aromatic carbocycles. The van der Waals surface area contributed by atoms with Crippen LogP contribution in [0.15, 0.2) is 46.6 Å². The molecule has 2 aromatic heterocycles. The molecule has 1 N–H and O–H groups in total. The zero-order valence-corrected chi connectivity index (χ0v) is 9.55. The lowest BCUT2D eigenvalue weighted by atomic mass is 10.1. The topological polar surface area (TPSA) is 32.9 Å². The van der Waals surface area contributed by atoms with E-state index in [0.29, 0.717) is 5.69 Å². The number of aromatic nitrogens is 1. The molecule has 0 bridgehead atoms. The summed E-state index contributed by atoms with van der Waals surface area (Å²) in [7, 11) is 0. The number of rotatable bonds is 1. The maximum atomic E-state index is 12.8. The van der Waals surface area contributed by atoms with Crippen LogP contribution < -0.4 is 5.56 Å². The molecule has 0 amide bonds. The van der Waals surface area contributed by atoms with Gasteiger partial charge >= 0.3 is 0 Å². The van der Waals surface area contributed by atoms with Crippen molar-refractivity contribution in [2.24, 2.45) is 0 Å². The molecular weight excluding hydrogens is 237 g/mol. The molecule has 4 heteroatoms. The first-order valence-corrected chi connectivity index (χ1v) is 5.98. The average Bonchev–Trinajstić information content (AvgIpc) is 2.78. The Morgan fingerprint density at radius 2 is 1.88 bits per heavy atom. The zero-order chi connectivity index (χ0) is 11.8. The molecule has 17 heavy (non-hydrogen) atoms. The van der Waals surface area contributed by atoms with Crippen LogP contribution in [0.4, 0.5) is 4.39 Å². The largest absolute Gasteiger partial charge is 0.321 e. The van der Waals surface area contributed by atoms with E-state index in [9.17, 15) is 9.18 Å². The molecule has 0 spiro atoms. The number of halogens is 1. The SMILES string of the molecule is O=c1[nH]c(-c2ccc(F)cc2)cc2ccsc12. The van der Waals surface area contributed by atoms with Gasteiger partial charge in [-0.3, -0.25) is 4.79 Å². The third kappa shape index (κ3) is 1.76. The summed E-state index contributed by atoms with van der Waals surface area (Å²) in [5.41, 5.74) is 1.41. The number of hydrogen-bond acceptors (Lipinski definition) is 2. The second kappa shape index (κ2) is 3.82. The first kappa shape index (κ1) is 10.2. The lowest BCUT2D eigenvalue weighted by Crippen LogP contribution is -2.05. The molecule has 0 atom stereocenters. The van der Waals surface area contributed by atoms with Crippen molar-refractivity contribution in [3.8, 4) is 11.3 Å². The van der Waals surface area contributed by atoms with Crippen LogP contribution in [-0.4, -0.2) is 4.98 Å². The Balaban J connectivity index is 2.23. The van der Waals surface area contributed by atoms with Crippen LogP contribution >= 0.6 is 11.3 Å². The van der Waals surface area contributed by atoms with Gasteiger partial charge in [0.05, 0.1) is 4.70 Å². The Kier molecular flexibility index (Phi) is 2.30. The molecule has 0 fully saturated rings. The zero-order valence-electron chi connectivity index (χ0n) is 8.74. The van der Waals surface area contributed by atoms with Crippen molar-refractivity contribution in [1.29, 1.82) is 0 Å². The van der Waals surface area contributed by atoms with Gasteiger partial charge in [0.2, 0.25) is 0 Å². The Morgan fingerprint density at radius 1 is 1.12 bits per heavy atom. The van der Waals surface area contributed by atoms with E-state index in [0.717, 1.165) is 15.6 Å². The number of pyridine rings is 1. The van der Waals surface area contributed by atoms with Gasteiger partial charge in [-0.1, -0.05) is 0 Å². The van der Waals surface area contributed by atoms with Crippen molar-refractivity contribution in [3.63, 3.8) is 0 Å². The van der Waals surface area contributed by atoms with E-state index in [-0.39, 0.29) is 11.4 Å². The number of H-pyrrole nitrogens is 1. The van der Waals surface area contributed by atoms with Gasteiger partial charge in [-0.05, 0) is 47.3 Å². The maximum absolute atomic E-state index is 12.8. The minimum Gasteiger partial charge on any atom is -0.321 e. The number of aromatic amines is 1. The minimum atomic E-state index is -0.285. The summed E-state index contributed by atoms with van der Waals surface area (Å²) < 4.78 is 13.5. The Bertz CT molecular complexity index is 727. The number of fused-ring (bicyclic) bond motifs is 1. The summed E-state index contributed by atoms with van der Waals surface area (Å²) in [5.74, 6) is -0.285. The summed E-state index contributed by atoms with van der Waals surface area (Å²) in [6.45, 7) is 0. The van der Waals surface area contributed by atoms with Crippen LogP contribution in [0.25, 0.3) is 21.3 Å². The summed E-state index contributed by atoms with van der Waals surface area (Å²) in [5, 5.41) is 2.80. The first-order valence-electron chi connectivity index (χ1n) is 5.10. The minimum absolute atomic E-state index is 0.100. The molecule has 84 valence electrons. The highest BCUT2D eigenvalue weighted by Crippen LogP contribution is 2.22. The highest BCUT2D eigenvalue weighted by Gasteiger charge is 2.04. The first-order chi connectivity index (χ1) is 8.24. The number of hydrogen-bond donors (Lipinski definition) is 1. The summed E-state index contributed by atoms with van der Waals surface area (Å²) in [6, 6.07) is 9.87. The molecule has 2 nitrogen and oxygen atoms in total. The molecule has 0 saturated heterocycles. The molecule has 0 saturated carbocycles. The highest BCUT2D eigenvalue weighted by molar-refractivity contribution is 7.17. The fourth-order valence-corrected chi connectivity index (χ4v) is 2.54. The summed E-state index contributed by atoms with van der Waals surface area (Å²) >= 11 is 1.42. The molecule has 0 radical (unpaired) electrons. The van der Waals surface area contributed by atoms with Crippen molar-refractivity contribution in [2.75, 3.05) is 0 Å².